The van der Waals surface area contributed by atoms with Crippen molar-refractivity contribution in [3.63, 3.8) is 0 Å². The molecule has 0 spiro atoms. The van der Waals surface area contributed by atoms with Crippen molar-refractivity contribution in [1.29, 1.82) is 0 Å². The molecule has 0 unspecified atom stereocenters. The summed E-state index contributed by atoms with van der Waals surface area (Å²) in [4.78, 5) is 23.2. The third-order valence-electron chi connectivity index (χ3n) is 2.32. The van der Waals surface area contributed by atoms with Crippen molar-refractivity contribution in [2.45, 2.75) is 0 Å². The molecule has 19 heavy (non-hydrogen) atoms. The van der Waals surface area contributed by atoms with Crippen molar-refractivity contribution in [3.8, 4) is 0 Å². The number of furan rings is 1. The second-order valence-corrected chi connectivity index (χ2v) is 5.00. The second-order valence-electron chi connectivity index (χ2n) is 3.75. The number of hydrogen-bond donors (Lipinski definition) is 2. The van der Waals surface area contributed by atoms with Crippen LogP contribution in [0.4, 0.5) is 5.69 Å². The minimum Gasteiger partial charge on any atom is -0.472 e. The fourth-order valence-corrected chi connectivity index (χ4v) is 1.75. The van der Waals surface area contributed by atoms with E-state index in [1.807, 2.05) is 12.1 Å². The molecule has 2 amide bonds. The normalized spacial score (nSPS) is 9.95. The molecule has 0 saturated heterocycles. The third kappa shape index (κ3) is 4.09. The Morgan fingerprint density at radius 3 is 2.53 bits per heavy atom. The standard InChI is InChI=1S/C13H11IN2O3/c14-10-1-3-11(4-2-10)16-12(17)7-15-13(18)9-5-6-19-8-9/h1-6,8H,7H2,(H,15,18)(H,16,17). The lowest BCUT2D eigenvalue weighted by molar-refractivity contribution is -0.115. The topological polar surface area (TPSA) is 71.3 Å². The Morgan fingerprint density at radius 2 is 1.89 bits per heavy atom. The minimum atomic E-state index is -0.341. The SMILES string of the molecule is O=C(CNC(=O)c1ccoc1)Nc1ccc(I)cc1. The molecule has 2 N–H and O–H groups in total. The summed E-state index contributed by atoms with van der Waals surface area (Å²) in [5.74, 6) is -0.621. The summed E-state index contributed by atoms with van der Waals surface area (Å²) in [6, 6.07) is 8.92. The fraction of sp³-hybridized carbons (Fsp3) is 0.0769. The van der Waals surface area contributed by atoms with Crippen LogP contribution in [0.3, 0.4) is 0 Å². The number of hydrogen-bond acceptors (Lipinski definition) is 3. The Hall–Kier alpha value is -1.83. The summed E-state index contributed by atoms with van der Waals surface area (Å²) in [6.07, 6.45) is 2.73. The highest BCUT2D eigenvalue weighted by Gasteiger charge is 2.08. The molecule has 1 aromatic carbocycles. The average molecular weight is 370 g/mol. The van der Waals surface area contributed by atoms with Crippen molar-refractivity contribution in [2.75, 3.05) is 11.9 Å². The number of halogens is 1. The van der Waals surface area contributed by atoms with E-state index in [9.17, 15) is 9.59 Å². The largest absolute Gasteiger partial charge is 0.472 e. The summed E-state index contributed by atoms with van der Waals surface area (Å²) >= 11 is 2.18. The van der Waals surface area contributed by atoms with Gasteiger partial charge in [-0.2, -0.15) is 0 Å². The summed E-state index contributed by atoms with van der Waals surface area (Å²) in [5.41, 5.74) is 1.09. The zero-order valence-corrected chi connectivity index (χ0v) is 12.0. The molecule has 0 atom stereocenters. The van der Waals surface area contributed by atoms with E-state index in [0.717, 1.165) is 3.57 Å². The van der Waals surface area contributed by atoms with E-state index in [4.69, 9.17) is 4.42 Å². The second kappa shape index (κ2) is 6.37. The number of amides is 2. The molecule has 0 aliphatic carbocycles. The number of nitrogens with one attached hydrogen (secondary N) is 2. The zero-order valence-electron chi connectivity index (χ0n) is 9.85. The minimum absolute atomic E-state index is 0.0873. The van der Waals surface area contributed by atoms with Gasteiger partial charge in [0.1, 0.15) is 6.26 Å². The van der Waals surface area contributed by atoms with Crippen molar-refractivity contribution in [2.24, 2.45) is 0 Å². The Morgan fingerprint density at radius 1 is 1.16 bits per heavy atom. The fourth-order valence-electron chi connectivity index (χ4n) is 1.39. The van der Waals surface area contributed by atoms with Crippen LogP contribution in [-0.2, 0) is 4.79 Å². The zero-order chi connectivity index (χ0) is 13.7. The van der Waals surface area contributed by atoms with Gasteiger partial charge in [-0.3, -0.25) is 9.59 Å². The number of anilines is 1. The maximum absolute atomic E-state index is 11.6. The first-order valence-electron chi connectivity index (χ1n) is 5.51. The maximum Gasteiger partial charge on any atom is 0.254 e. The van der Waals surface area contributed by atoms with Gasteiger partial charge in [-0.05, 0) is 52.9 Å². The van der Waals surface area contributed by atoms with Crippen LogP contribution in [0.2, 0.25) is 0 Å². The predicted molar refractivity (Wildman–Crippen MR) is 78.8 cm³/mol. The highest BCUT2D eigenvalue weighted by molar-refractivity contribution is 14.1. The molecule has 2 aromatic rings. The van der Waals surface area contributed by atoms with Crippen molar-refractivity contribution in [3.05, 3.63) is 52.0 Å². The van der Waals surface area contributed by atoms with E-state index < -0.39 is 0 Å². The molecule has 1 heterocycles. The van der Waals surface area contributed by atoms with Crippen molar-refractivity contribution >= 4 is 40.1 Å². The molecule has 2 rings (SSSR count). The third-order valence-corrected chi connectivity index (χ3v) is 3.04. The van der Waals surface area contributed by atoms with Crippen LogP contribution in [0.5, 0.6) is 0 Å². The molecule has 1 aromatic heterocycles. The smallest absolute Gasteiger partial charge is 0.254 e. The van der Waals surface area contributed by atoms with Crippen LogP contribution in [-0.4, -0.2) is 18.4 Å². The van der Waals surface area contributed by atoms with Crippen LogP contribution < -0.4 is 10.6 Å². The molecule has 6 heteroatoms. The van der Waals surface area contributed by atoms with Crippen LogP contribution >= 0.6 is 22.6 Å². The van der Waals surface area contributed by atoms with Gasteiger partial charge in [0.05, 0.1) is 18.4 Å². The predicted octanol–water partition coefficient (Wildman–Crippen LogP) is 2.25. The van der Waals surface area contributed by atoms with Crippen LogP contribution in [0, 0.1) is 3.57 Å². The number of carbonyl (C=O) groups is 2. The van der Waals surface area contributed by atoms with Crippen LogP contribution in [0.15, 0.2) is 47.3 Å². The van der Waals surface area contributed by atoms with Gasteiger partial charge in [-0.1, -0.05) is 0 Å². The van der Waals surface area contributed by atoms with Gasteiger partial charge >= 0.3 is 0 Å². The quantitative estimate of drug-likeness (QED) is 0.812. The van der Waals surface area contributed by atoms with Gasteiger partial charge in [-0.15, -0.1) is 0 Å². The summed E-state index contributed by atoms with van der Waals surface area (Å²) in [6.45, 7) is -0.0873. The monoisotopic (exact) mass is 370 g/mol. The summed E-state index contributed by atoms with van der Waals surface area (Å²) in [5, 5.41) is 5.19. The Kier molecular flexibility index (Phi) is 4.56. The summed E-state index contributed by atoms with van der Waals surface area (Å²) in [7, 11) is 0. The molecule has 0 bridgehead atoms. The van der Waals surface area contributed by atoms with Crippen molar-refractivity contribution < 1.29 is 14.0 Å². The Balaban J connectivity index is 1.82. The lowest BCUT2D eigenvalue weighted by Crippen LogP contribution is -2.32. The van der Waals surface area contributed by atoms with E-state index in [0.29, 0.717) is 11.3 Å². The lowest BCUT2D eigenvalue weighted by Gasteiger charge is -2.06. The average Bonchev–Trinajstić information content (AvgIpc) is 2.93. The highest BCUT2D eigenvalue weighted by atomic mass is 127. The molecule has 0 saturated carbocycles. The van der Waals surface area contributed by atoms with E-state index in [1.165, 1.54) is 18.6 Å². The molecular weight excluding hydrogens is 359 g/mol. The first-order chi connectivity index (χ1) is 9.15. The first kappa shape index (κ1) is 13.6. The Bertz CT molecular complexity index is 564. The molecule has 0 radical (unpaired) electrons. The van der Waals surface area contributed by atoms with Crippen LogP contribution in [0.1, 0.15) is 10.4 Å². The molecule has 98 valence electrons. The Labute approximate surface area is 123 Å². The number of carbonyl (C=O) groups excluding carboxylic acids is 2. The summed E-state index contributed by atoms with van der Waals surface area (Å²) < 4.78 is 5.87. The van der Waals surface area contributed by atoms with E-state index in [2.05, 4.69) is 33.2 Å². The van der Waals surface area contributed by atoms with E-state index in [1.54, 1.807) is 12.1 Å². The molecule has 0 aliphatic heterocycles. The van der Waals surface area contributed by atoms with Crippen LogP contribution in [0.25, 0.3) is 0 Å². The van der Waals surface area contributed by atoms with Gasteiger partial charge in [0.2, 0.25) is 5.91 Å². The van der Waals surface area contributed by atoms with Gasteiger partial charge in [0, 0.05) is 9.26 Å². The lowest BCUT2D eigenvalue weighted by atomic mass is 10.3. The molecule has 0 fully saturated rings. The molecule has 0 aliphatic rings. The molecular formula is C13H11IN2O3. The number of benzene rings is 1. The van der Waals surface area contributed by atoms with Gasteiger partial charge in [0.15, 0.2) is 0 Å². The molecule has 5 nitrogen and oxygen atoms in total. The van der Waals surface area contributed by atoms with Crippen molar-refractivity contribution in [1.82, 2.24) is 5.32 Å². The highest BCUT2D eigenvalue weighted by Crippen LogP contribution is 2.10. The first-order valence-corrected chi connectivity index (χ1v) is 6.59. The number of rotatable bonds is 4. The van der Waals surface area contributed by atoms with Gasteiger partial charge in [0.25, 0.3) is 5.91 Å². The maximum atomic E-state index is 11.6. The van der Waals surface area contributed by atoms with E-state index in [-0.39, 0.29) is 18.4 Å². The van der Waals surface area contributed by atoms with Gasteiger partial charge < -0.3 is 15.1 Å². The van der Waals surface area contributed by atoms with E-state index >= 15 is 0 Å². The van der Waals surface area contributed by atoms with Gasteiger partial charge in [-0.25, -0.2) is 0 Å².